The molecule has 2 aliphatic rings. The molecule has 2 heterocycles. The number of sulfonamides is 2. The van der Waals surface area contributed by atoms with Gasteiger partial charge in [-0.2, -0.15) is 35.0 Å². The average molecular weight is 709 g/mol. The van der Waals surface area contributed by atoms with E-state index in [1.165, 1.54) is 0 Å². The predicted octanol–water partition coefficient (Wildman–Crippen LogP) is 4.97. The Hall–Kier alpha value is -4.40. The van der Waals surface area contributed by atoms with E-state index in [4.69, 9.17) is 4.74 Å². The van der Waals surface area contributed by atoms with Gasteiger partial charge in [0.2, 0.25) is 20.0 Å². The molecule has 0 bridgehead atoms. The number of alkyl halides is 6. The van der Waals surface area contributed by atoms with Crippen LogP contribution in [0.15, 0.2) is 58.3 Å². The Morgan fingerprint density at radius 2 is 0.979 bits per heavy atom. The molecule has 1 spiro atoms. The summed E-state index contributed by atoms with van der Waals surface area (Å²) in [7, 11) is -8.42. The Kier molecular flexibility index (Phi) is 12.4. The number of nitrogens with zero attached hydrogens (tertiary/aromatic N) is 2. The van der Waals surface area contributed by atoms with Crippen LogP contribution in [0.25, 0.3) is 0 Å². The van der Waals surface area contributed by atoms with Gasteiger partial charge in [-0.25, -0.2) is 16.8 Å². The van der Waals surface area contributed by atoms with Crippen LogP contribution in [0.5, 0.6) is 0 Å². The van der Waals surface area contributed by atoms with Crippen molar-refractivity contribution in [1.29, 1.82) is 0 Å². The first-order valence-electron chi connectivity index (χ1n) is 13.8. The van der Waals surface area contributed by atoms with Gasteiger partial charge < -0.3 is 4.74 Å². The van der Waals surface area contributed by atoms with Crippen LogP contribution in [0.2, 0.25) is 0 Å². The molecule has 7 nitrogen and oxygen atoms in total. The van der Waals surface area contributed by atoms with Crippen molar-refractivity contribution in [2.45, 2.75) is 54.6 Å². The highest BCUT2D eigenvalue weighted by Crippen LogP contribution is 2.40. The number of piperidine rings is 1. The zero-order chi connectivity index (χ0) is 35.6. The molecule has 0 unspecified atom stereocenters. The van der Waals surface area contributed by atoms with Crippen LogP contribution in [-0.4, -0.2) is 57.4 Å². The van der Waals surface area contributed by atoms with Gasteiger partial charge in [-0.05, 0) is 110 Å². The molecule has 2 fully saturated rings. The van der Waals surface area contributed by atoms with Crippen LogP contribution >= 0.6 is 0 Å². The molecular weight excluding hydrogens is 682 g/mol. The normalized spacial score (nSPS) is 16.1. The van der Waals surface area contributed by atoms with Crippen molar-refractivity contribution < 1.29 is 47.9 Å². The van der Waals surface area contributed by atoms with Gasteiger partial charge in [0.15, 0.2) is 0 Å². The summed E-state index contributed by atoms with van der Waals surface area (Å²) in [5.74, 6) is 25.6. The number of hydrogen-bond donors (Lipinski definition) is 0. The molecule has 15 heteroatoms. The van der Waals surface area contributed by atoms with Crippen molar-refractivity contribution in [1.82, 2.24) is 8.61 Å². The summed E-state index contributed by atoms with van der Waals surface area (Å²) in [5.41, 5.74) is -3.40. The summed E-state index contributed by atoms with van der Waals surface area (Å²) in [6.45, 7) is 3.02. The molecule has 2 saturated heterocycles. The van der Waals surface area contributed by atoms with Gasteiger partial charge in [-0.15, -0.1) is 0 Å². The van der Waals surface area contributed by atoms with E-state index in [0.29, 0.717) is 24.3 Å². The van der Waals surface area contributed by atoms with Gasteiger partial charge >= 0.3 is 12.4 Å². The van der Waals surface area contributed by atoms with Gasteiger partial charge in [0.1, 0.15) is 5.72 Å². The Morgan fingerprint density at radius 3 is 1.35 bits per heavy atom. The summed E-state index contributed by atoms with van der Waals surface area (Å²) in [6.07, 6.45) is -9.41. The molecule has 2 aromatic rings. The van der Waals surface area contributed by atoms with E-state index in [-0.39, 0.29) is 48.9 Å². The quantitative estimate of drug-likeness (QED) is 0.331. The topological polar surface area (TPSA) is 84.0 Å². The number of hydrogen-bond acceptors (Lipinski definition) is 5. The molecule has 0 aromatic heterocycles. The van der Waals surface area contributed by atoms with Gasteiger partial charge in [0, 0.05) is 32.5 Å². The highest BCUT2D eigenvalue weighted by Gasteiger charge is 2.52. The van der Waals surface area contributed by atoms with E-state index in [1.807, 2.05) is 0 Å². The van der Waals surface area contributed by atoms with E-state index in [0.717, 1.165) is 32.9 Å². The maximum absolute atomic E-state index is 13.2. The lowest BCUT2D eigenvalue weighted by Crippen LogP contribution is -2.55. The maximum atomic E-state index is 13.2. The number of benzene rings is 2. The molecule has 0 atom stereocenters. The molecule has 2 aliphatic heterocycles. The van der Waals surface area contributed by atoms with Crippen molar-refractivity contribution >= 4 is 20.0 Å². The Bertz CT molecular complexity index is 1970. The van der Waals surface area contributed by atoms with Gasteiger partial charge in [-0.1, -0.05) is 11.8 Å². The van der Waals surface area contributed by atoms with E-state index in [2.05, 4.69) is 59.2 Å². The fourth-order valence-corrected chi connectivity index (χ4v) is 7.79. The minimum atomic E-state index is -4.63. The second-order valence-electron chi connectivity index (χ2n) is 9.82. The summed E-state index contributed by atoms with van der Waals surface area (Å²) >= 11 is 0. The second-order valence-corrected chi connectivity index (χ2v) is 13.6. The van der Waals surface area contributed by atoms with E-state index >= 15 is 0 Å². The zero-order valence-corrected chi connectivity index (χ0v) is 27.0. The summed E-state index contributed by atoms with van der Waals surface area (Å²) in [4.78, 5) is -0.701. The summed E-state index contributed by atoms with van der Waals surface area (Å²) in [5, 5.41) is 0. The van der Waals surface area contributed by atoms with Gasteiger partial charge in [0.05, 0.1) is 27.5 Å². The van der Waals surface area contributed by atoms with Crippen molar-refractivity contribution in [2.75, 3.05) is 26.2 Å². The molecule has 0 amide bonds. The van der Waals surface area contributed by atoms with Crippen molar-refractivity contribution in [3.8, 4) is 59.2 Å². The van der Waals surface area contributed by atoms with Gasteiger partial charge in [0.25, 0.3) is 0 Å². The fraction of sp³-hybridized carbons (Fsp3) is 0.333. The first-order chi connectivity index (χ1) is 22.5. The fourth-order valence-electron chi connectivity index (χ4n) is 4.62. The Morgan fingerprint density at radius 1 is 0.604 bits per heavy atom. The largest absolute Gasteiger partial charge is 0.416 e. The molecule has 252 valence electrons. The lowest BCUT2D eigenvalue weighted by molar-refractivity contribution is -0.138. The third kappa shape index (κ3) is 9.36. The first kappa shape index (κ1) is 38.1. The smallest absolute Gasteiger partial charge is 0.358 e. The SMILES string of the molecule is CC#CC#CC#CC#CC#CC.O=S(=O)(c1ccc(C(F)(F)F)cc1)N1CCC2(CC1)OCCN2S(=O)(=O)c1ccc(C(F)(F)F)cc1. The summed E-state index contributed by atoms with van der Waals surface area (Å²) in [6, 6.07) is 6.08. The molecule has 4 rings (SSSR count). The van der Waals surface area contributed by atoms with Crippen LogP contribution in [0.4, 0.5) is 26.3 Å². The number of rotatable bonds is 4. The van der Waals surface area contributed by atoms with Gasteiger partial charge in [-0.3, -0.25) is 0 Å². The molecular formula is C33H26F6N2O5S2. The number of ether oxygens (including phenoxy) is 1. The lowest BCUT2D eigenvalue weighted by Gasteiger charge is -2.42. The third-order valence-electron chi connectivity index (χ3n) is 6.90. The zero-order valence-electron chi connectivity index (χ0n) is 25.4. The number of halogens is 6. The molecule has 0 N–H and O–H groups in total. The molecule has 48 heavy (non-hydrogen) atoms. The first-order valence-corrected chi connectivity index (χ1v) is 16.7. The minimum Gasteiger partial charge on any atom is -0.358 e. The third-order valence-corrected chi connectivity index (χ3v) is 10.8. The highest BCUT2D eigenvalue weighted by molar-refractivity contribution is 7.89. The predicted molar refractivity (Wildman–Crippen MR) is 164 cm³/mol. The standard InChI is InChI=1S/C21H20F6N2O5S2.C12H6/c22-20(23,24)15-1-5-17(6-2-15)35(30,31)28-11-9-19(10-12-28)29(13-14-34-19)36(32,33)18-7-3-16(4-8-18)21(25,26)27;1-3-5-7-9-11-12-10-8-6-4-2/h1-8H,9-14H2;1-2H3. The van der Waals surface area contributed by atoms with Crippen molar-refractivity contribution in [2.24, 2.45) is 0 Å². The van der Waals surface area contributed by atoms with E-state index in [1.54, 1.807) is 13.8 Å². The molecule has 0 radical (unpaired) electrons. The monoisotopic (exact) mass is 708 g/mol. The maximum Gasteiger partial charge on any atom is 0.416 e. The van der Waals surface area contributed by atoms with Crippen molar-refractivity contribution in [3.63, 3.8) is 0 Å². The average Bonchev–Trinajstić information content (AvgIpc) is 3.45. The lowest BCUT2D eigenvalue weighted by atomic mass is 10.0. The van der Waals surface area contributed by atoms with E-state index < -0.39 is 49.3 Å². The van der Waals surface area contributed by atoms with Crippen LogP contribution < -0.4 is 0 Å². The van der Waals surface area contributed by atoms with Crippen LogP contribution in [0.3, 0.4) is 0 Å². The van der Waals surface area contributed by atoms with Crippen LogP contribution in [0.1, 0.15) is 37.8 Å². The Labute approximate surface area is 275 Å². The molecule has 0 saturated carbocycles. The van der Waals surface area contributed by atoms with Crippen LogP contribution in [0, 0.1) is 59.2 Å². The molecule has 0 aliphatic carbocycles. The second kappa shape index (κ2) is 15.7. The van der Waals surface area contributed by atoms with Crippen LogP contribution in [-0.2, 0) is 37.1 Å². The molecule has 2 aromatic carbocycles. The summed E-state index contributed by atoms with van der Waals surface area (Å²) < 4.78 is 137. The Balaban J connectivity index is 0.000000444. The van der Waals surface area contributed by atoms with E-state index in [9.17, 15) is 43.2 Å². The highest BCUT2D eigenvalue weighted by atomic mass is 32.2. The van der Waals surface area contributed by atoms with Crippen molar-refractivity contribution in [3.05, 3.63) is 59.7 Å². The minimum absolute atomic E-state index is 0.00548.